The number of hydrogen-bond acceptors (Lipinski definition) is 6. The lowest BCUT2D eigenvalue weighted by Crippen LogP contribution is -2.51. The van der Waals surface area contributed by atoms with Gasteiger partial charge in [-0.2, -0.15) is 0 Å². The van der Waals surface area contributed by atoms with E-state index in [1.807, 2.05) is 24.3 Å². The first-order valence-electron chi connectivity index (χ1n) is 13.2. The molecule has 0 unspecified atom stereocenters. The van der Waals surface area contributed by atoms with Crippen LogP contribution in [0.4, 0.5) is 0 Å². The van der Waals surface area contributed by atoms with Crippen molar-refractivity contribution in [3.8, 4) is 0 Å². The molecule has 2 aromatic carbocycles. The largest absolute Gasteiger partial charge is 0.451 e. The molecular formula is C30H28Cl2N4O4S. The van der Waals surface area contributed by atoms with Crippen molar-refractivity contribution in [1.29, 1.82) is 0 Å². The van der Waals surface area contributed by atoms with E-state index < -0.39 is 17.9 Å². The molecule has 0 aliphatic carbocycles. The summed E-state index contributed by atoms with van der Waals surface area (Å²) in [5.74, 6) is -1.15. The van der Waals surface area contributed by atoms with Crippen LogP contribution in [0.25, 0.3) is 11.0 Å². The zero-order valence-corrected chi connectivity index (χ0v) is 24.3. The van der Waals surface area contributed by atoms with Crippen molar-refractivity contribution in [2.45, 2.75) is 35.4 Å². The molecule has 0 saturated carbocycles. The molecule has 8 nitrogen and oxygen atoms in total. The second-order valence-corrected chi connectivity index (χ2v) is 12.0. The van der Waals surface area contributed by atoms with Crippen LogP contribution in [0, 0.1) is 0 Å². The fourth-order valence-electron chi connectivity index (χ4n) is 4.62. The van der Waals surface area contributed by atoms with Crippen molar-refractivity contribution < 1.29 is 18.8 Å². The first kappa shape index (κ1) is 29.0. The summed E-state index contributed by atoms with van der Waals surface area (Å²) in [6, 6.07) is 18.8. The lowest BCUT2D eigenvalue weighted by Gasteiger charge is -2.32. The third-order valence-corrected chi connectivity index (χ3v) is 8.62. The summed E-state index contributed by atoms with van der Waals surface area (Å²) >= 11 is 13.8. The number of furan rings is 1. The Bertz CT molecular complexity index is 1520. The van der Waals surface area contributed by atoms with Gasteiger partial charge in [-0.15, -0.1) is 11.8 Å². The quantitative estimate of drug-likeness (QED) is 0.264. The number of nitrogens with zero attached hydrogens (tertiary/aromatic N) is 2. The van der Waals surface area contributed by atoms with E-state index in [0.717, 1.165) is 17.7 Å². The highest BCUT2D eigenvalue weighted by Crippen LogP contribution is 2.31. The SMILES string of the molecule is O=C(N[C@@H](Cc1ccccn1)C(=O)NCC(=O)N1CCC(Sc2ccc(Cl)cc2)CC1)c1cc2cc(Cl)ccc2o1. The number of piperidine rings is 1. The Hall–Kier alpha value is -3.53. The number of nitrogens with one attached hydrogen (secondary N) is 2. The highest BCUT2D eigenvalue weighted by Gasteiger charge is 2.27. The van der Waals surface area contributed by atoms with Crippen LogP contribution in [0.1, 0.15) is 29.1 Å². The number of aromatic nitrogens is 1. The Morgan fingerprint density at radius 2 is 1.76 bits per heavy atom. The molecule has 1 saturated heterocycles. The van der Waals surface area contributed by atoms with Gasteiger partial charge in [-0.05, 0) is 73.5 Å². The number of pyridine rings is 1. The van der Waals surface area contributed by atoms with E-state index in [0.29, 0.717) is 45.0 Å². The standard InChI is InChI=1S/C30H28Cl2N4O4S/c31-20-4-7-23(8-5-20)41-24-10-13-36(14-11-24)28(37)18-34-29(38)25(17-22-3-1-2-12-33-22)35-30(39)27-16-19-15-21(32)6-9-26(19)40-27/h1-9,12,15-16,24-25H,10-11,13-14,17-18H2,(H,34,38)(H,35,39)/t25-/m0/s1. The summed E-state index contributed by atoms with van der Waals surface area (Å²) < 4.78 is 5.66. The molecule has 1 fully saturated rings. The minimum atomic E-state index is -0.969. The predicted molar refractivity (Wildman–Crippen MR) is 160 cm³/mol. The molecule has 212 valence electrons. The fourth-order valence-corrected chi connectivity index (χ4v) is 6.05. The zero-order chi connectivity index (χ0) is 28.8. The van der Waals surface area contributed by atoms with Crippen LogP contribution in [-0.2, 0) is 16.0 Å². The molecule has 2 N–H and O–H groups in total. The van der Waals surface area contributed by atoms with Crippen molar-refractivity contribution >= 4 is 63.7 Å². The molecule has 0 spiro atoms. The van der Waals surface area contributed by atoms with Gasteiger partial charge >= 0.3 is 0 Å². The van der Waals surface area contributed by atoms with Gasteiger partial charge in [-0.1, -0.05) is 29.3 Å². The molecule has 0 bridgehead atoms. The maximum Gasteiger partial charge on any atom is 0.287 e. The second-order valence-electron chi connectivity index (χ2n) is 9.71. The summed E-state index contributed by atoms with van der Waals surface area (Å²) in [6.45, 7) is 1.07. The smallest absolute Gasteiger partial charge is 0.287 e. The number of fused-ring (bicyclic) bond motifs is 1. The van der Waals surface area contributed by atoms with Gasteiger partial charge in [0.1, 0.15) is 11.6 Å². The predicted octanol–water partition coefficient (Wildman–Crippen LogP) is 5.38. The summed E-state index contributed by atoms with van der Waals surface area (Å²) in [4.78, 5) is 46.4. The average Bonchev–Trinajstić information content (AvgIpc) is 3.41. The molecule has 3 heterocycles. The van der Waals surface area contributed by atoms with Gasteiger partial charge in [-0.25, -0.2) is 0 Å². The van der Waals surface area contributed by atoms with Gasteiger partial charge in [0.25, 0.3) is 5.91 Å². The zero-order valence-electron chi connectivity index (χ0n) is 22.0. The molecule has 3 amide bonds. The van der Waals surface area contributed by atoms with Crippen LogP contribution in [0.2, 0.25) is 10.0 Å². The normalized spacial score (nSPS) is 14.5. The molecule has 2 aromatic heterocycles. The average molecular weight is 612 g/mol. The number of carbonyl (C=O) groups excluding carboxylic acids is 3. The fraction of sp³-hybridized carbons (Fsp3) is 0.267. The second kappa shape index (κ2) is 13.4. The summed E-state index contributed by atoms with van der Waals surface area (Å²) in [5.41, 5.74) is 1.13. The summed E-state index contributed by atoms with van der Waals surface area (Å²) in [7, 11) is 0. The molecule has 41 heavy (non-hydrogen) atoms. The van der Waals surface area contributed by atoms with Crippen LogP contribution in [0.5, 0.6) is 0 Å². The highest BCUT2D eigenvalue weighted by atomic mass is 35.5. The first-order valence-corrected chi connectivity index (χ1v) is 14.9. The number of likely N-dealkylation sites (tertiary alicyclic amines) is 1. The number of halogens is 2. The lowest BCUT2D eigenvalue weighted by atomic mass is 10.1. The number of rotatable bonds is 9. The van der Waals surface area contributed by atoms with E-state index >= 15 is 0 Å². The van der Waals surface area contributed by atoms with E-state index in [1.165, 1.54) is 0 Å². The molecular weight excluding hydrogens is 583 g/mol. The Labute approximate surface area is 251 Å². The van der Waals surface area contributed by atoms with E-state index in [1.54, 1.807) is 65.3 Å². The summed E-state index contributed by atoms with van der Waals surface area (Å²) in [5, 5.41) is 7.76. The minimum Gasteiger partial charge on any atom is -0.451 e. The van der Waals surface area contributed by atoms with Crippen LogP contribution in [0.3, 0.4) is 0 Å². The van der Waals surface area contributed by atoms with Gasteiger partial charge in [-0.3, -0.25) is 19.4 Å². The lowest BCUT2D eigenvalue weighted by molar-refractivity contribution is -0.133. The number of hydrogen-bond donors (Lipinski definition) is 2. The van der Waals surface area contributed by atoms with Gasteiger partial charge < -0.3 is 20.0 Å². The van der Waals surface area contributed by atoms with Crippen LogP contribution in [-0.4, -0.2) is 58.5 Å². The molecule has 5 rings (SSSR count). The maximum atomic E-state index is 13.2. The molecule has 1 atom stereocenters. The van der Waals surface area contributed by atoms with Crippen LogP contribution in [0.15, 0.2) is 82.2 Å². The van der Waals surface area contributed by atoms with Crippen molar-refractivity contribution in [3.63, 3.8) is 0 Å². The third-order valence-electron chi connectivity index (χ3n) is 6.79. The monoisotopic (exact) mass is 610 g/mol. The number of benzene rings is 2. The van der Waals surface area contributed by atoms with Gasteiger partial charge in [0.2, 0.25) is 11.8 Å². The number of amides is 3. The van der Waals surface area contributed by atoms with Crippen LogP contribution < -0.4 is 10.6 Å². The first-order chi connectivity index (χ1) is 19.8. The van der Waals surface area contributed by atoms with Crippen molar-refractivity contribution in [2.75, 3.05) is 19.6 Å². The minimum absolute atomic E-state index is 0.0523. The van der Waals surface area contributed by atoms with Crippen LogP contribution >= 0.6 is 35.0 Å². The Morgan fingerprint density at radius 1 is 1.00 bits per heavy atom. The van der Waals surface area contributed by atoms with E-state index in [9.17, 15) is 14.4 Å². The van der Waals surface area contributed by atoms with Crippen molar-refractivity contribution in [1.82, 2.24) is 20.5 Å². The van der Waals surface area contributed by atoms with E-state index in [4.69, 9.17) is 27.6 Å². The van der Waals surface area contributed by atoms with Gasteiger partial charge in [0.05, 0.1) is 6.54 Å². The Kier molecular flexibility index (Phi) is 9.49. The molecule has 0 radical (unpaired) electrons. The third kappa shape index (κ3) is 7.81. The maximum absolute atomic E-state index is 13.2. The Morgan fingerprint density at radius 3 is 2.49 bits per heavy atom. The van der Waals surface area contributed by atoms with E-state index in [-0.39, 0.29) is 24.6 Å². The van der Waals surface area contributed by atoms with Gasteiger partial charge in [0.15, 0.2) is 5.76 Å². The van der Waals surface area contributed by atoms with Gasteiger partial charge in [0, 0.05) is 57.0 Å². The number of carbonyl (C=O) groups is 3. The molecule has 1 aliphatic heterocycles. The van der Waals surface area contributed by atoms with Crippen molar-refractivity contribution in [2.24, 2.45) is 0 Å². The Balaban J connectivity index is 1.17. The molecule has 1 aliphatic rings. The van der Waals surface area contributed by atoms with Crippen molar-refractivity contribution in [3.05, 3.63) is 94.4 Å². The highest BCUT2D eigenvalue weighted by molar-refractivity contribution is 8.00. The van der Waals surface area contributed by atoms with E-state index in [2.05, 4.69) is 15.6 Å². The number of thioether (sulfide) groups is 1. The molecule has 11 heteroatoms. The topological polar surface area (TPSA) is 105 Å². The summed E-state index contributed by atoms with van der Waals surface area (Å²) in [6.07, 6.45) is 3.47. The molecule has 4 aromatic rings.